The Kier molecular flexibility index (Phi) is 7.22. The molecule has 0 bridgehead atoms. The number of carbonyl (C=O) groups is 1. The van der Waals surface area contributed by atoms with Gasteiger partial charge in [0.25, 0.3) is 5.91 Å². The molecule has 0 saturated heterocycles. The van der Waals surface area contributed by atoms with Crippen LogP contribution in [0.2, 0.25) is 0 Å². The first kappa shape index (κ1) is 21.3. The number of amides is 1. The predicted octanol–water partition coefficient (Wildman–Crippen LogP) is 2.78. The highest BCUT2D eigenvalue weighted by atomic mass is 32.2. The summed E-state index contributed by atoms with van der Waals surface area (Å²) in [4.78, 5) is 16.4. The zero-order valence-electron chi connectivity index (χ0n) is 16.5. The van der Waals surface area contributed by atoms with Gasteiger partial charge in [0.2, 0.25) is 10.0 Å². The summed E-state index contributed by atoms with van der Waals surface area (Å²) in [5.74, 6) is 0.300. The number of nitrogens with zero attached hydrogens (tertiary/aromatic N) is 1. The smallest absolute Gasteiger partial charge is 0.260 e. The summed E-state index contributed by atoms with van der Waals surface area (Å²) in [7, 11) is -3.65. The van der Waals surface area contributed by atoms with Gasteiger partial charge in [0.05, 0.1) is 4.90 Å². The van der Waals surface area contributed by atoms with E-state index in [2.05, 4.69) is 15.0 Å². The molecule has 3 rings (SSSR count). The van der Waals surface area contributed by atoms with E-state index < -0.39 is 16.1 Å². The summed E-state index contributed by atoms with van der Waals surface area (Å²) >= 11 is 0. The molecule has 7 nitrogen and oxygen atoms in total. The summed E-state index contributed by atoms with van der Waals surface area (Å²) < 4.78 is 33.1. The maximum Gasteiger partial charge on any atom is 0.260 e. The average Bonchev–Trinajstić information content (AvgIpc) is 2.74. The fourth-order valence-electron chi connectivity index (χ4n) is 3.28. The number of ether oxygens (including phenoxy) is 1. The van der Waals surface area contributed by atoms with Crippen LogP contribution < -0.4 is 14.8 Å². The van der Waals surface area contributed by atoms with Crippen LogP contribution in [-0.2, 0) is 21.4 Å². The summed E-state index contributed by atoms with van der Waals surface area (Å²) in [5.41, 5.74) is 0.772. The van der Waals surface area contributed by atoms with Crippen LogP contribution in [0.25, 0.3) is 0 Å². The van der Waals surface area contributed by atoms with E-state index in [4.69, 9.17) is 4.74 Å². The Bertz CT molecular complexity index is 895. The third-order valence-electron chi connectivity index (χ3n) is 4.96. The first-order valence-electron chi connectivity index (χ1n) is 9.90. The van der Waals surface area contributed by atoms with E-state index in [-0.39, 0.29) is 23.4 Å². The molecule has 1 atom stereocenters. The Morgan fingerprint density at radius 3 is 2.55 bits per heavy atom. The molecule has 1 saturated carbocycles. The molecule has 1 amide bonds. The van der Waals surface area contributed by atoms with Crippen molar-refractivity contribution in [3.05, 3.63) is 54.4 Å². The molecule has 2 aromatic rings. The lowest BCUT2D eigenvalue weighted by molar-refractivity contribution is -0.128. The van der Waals surface area contributed by atoms with Gasteiger partial charge in [0.1, 0.15) is 5.75 Å². The van der Waals surface area contributed by atoms with Crippen molar-refractivity contribution in [2.24, 2.45) is 0 Å². The highest BCUT2D eigenvalue weighted by Gasteiger charge is 2.21. The molecular weight excluding hydrogens is 390 g/mol. The van der Waals surface area contributed by atoms with Crippen molar-refractivity contribution in [1.82, 2.24) is 15.0 Å². The van der Waals surface area contributed by atoms with Crippen molar-refractivity contribution in [2.45, 2.75) is 62.6 Å². The second-order valence-corrected chi connectivity index (χ2v) is 9.03. The summed E-state index contributed by atoms with van der Waals surface area (Å²) in [6.45, 7) is 1.85. The topological polar surface area (TPSA) is 97.4 Å². The molecule has 156 valence electrons. The van der Waals surface area contributed by atoms with Gasteiger partial charge in [-0.25, -0.2) is 13.1 Å². The highest BCUT2D eigenvalue weighted by Crippen LogP contribution is 2.19. The van der Waals surface area contributed by atoms with E-state index >= 15 is 0 Å². The molecule has 1 aromatic heterocycles. The molecule has 1 aliphatic carbocycles. The van der Waals surface area contributed by atoms with Crippen molar-refractivity contribution >= 4 is 15.9 Å². The monoisotopic (exact) mass is 417 g/mol. The number of nitrogens with one attached hydrogen (secondary N) is 2. The number of carbonyl (C=O) groups excluding carboxylic acids is 1. The SMILES string of the molecule is CC(Oc1ccc(S(=O)(=O)NCc2cccnc2)cc1)C(=O)NC1CCCCC1. The van der Waals surface area contributed by atoms with Crippen molar-refractivity contribution in [3.8, 4) is 5.75 Å². The third kappa shape index (κ3) is 6.27. The first-order chi connectivity index (χ1) is 13.9. The Hall–Kier alpha value is -2.45. The third-order valence-corrected chi connectivity index (χ3v) is 6.37. The van der Waals surface area contributed by atoms with Crippen LogP contribution in [0, 0.1) is 0 Å². The van der Waals surface area contributed by atoms with Crippen molar-refractivity contribution < 1.29 is 17.9 Å². The molecule has 1 aromatic carbocycles. The van der Waals surface area contributed by atoms with Crippen LogP contribution in [0.4, 0.5) is 0 Å². The van der Waals surface area contributed by atoms with Gasteiger partial charge >= 0.3 is 0 Å². The van der Waals surface area contributed by atoms with E-state index in [9.17, 15) is 13.2 Å². The second-order valence-electron chi connectivity index (χ2n) is 7.26. The Labute approximate surface area is 171 Å². The van der Waals surface area contributed by atoms with Crippen LogP contribution in [0.5, 0.6) is 5.75 Å². The zero-order chi connectivity index (χ0) is 20.7. The zero-order valence-corrected chi connectivity index (χ0v) is 17.3. The van der Waals surface area contributed by atoms with Gasteiger partial charge in [-0.2, -0.15) is 0 Å². The second kappa shape index (κ2) is 9.84. The molecule has 2 N–H and O–H groups in total. The largest absolute Gasteiger partial charge is 0.481 e. The van der Waals surface area contributed by atoms with E-state index in [1.165, 1.54) is 18.6 Å². The van der Waals surface area contributed by atoms with Gasteiger partial charge in [-0.1, -0.05) is 25.3 Å². The van der Waals surface area contributed by atoms with Crippen LogP contribution >= 0.6 is 0 Å². The van der Waals surface area contributed by atoms with Crippen LogP contribution in [0.3, 0.4) is 0 Å². The van der Waals surface area contributed by atoms with Crippen molar-refractivity contribution in [2.75, 3.05) is 0 Å². The van der Waals surface area contributed by atoms with Crippen LogP contribution in [-0.4, -0.2) is 31.5 Å². The fraction of sp³-hybridized carbons (Fsp3) is 0.429. The van der Waals surface area contributed by atoms with Gasteiger partial charge in [-0.05, 0) is 55.7 Å². The summed E-state index contributed by atoms with van der Waals surface area (Å²) in [5, 5.41) is 3.03. The number of pyridine rings is 1. The molecular formula is C21H27N3O4S. The lowest BCUT2D eigenvalue weighted by atomic mass is 9.95. The number of sulfonamides is 1. The molecule has 1 fully saturated rings. The van der Waals surface area contributed by atoms with Gasteiger partial charge in [0, 0.05) is 25.0 Å². The van der Waals surface area contributed by atoms with Gasteiger partial charge in [-0.15, -0.1) is 0 Å². The molecule has 1 unspecified atom stereocenters. The number of rotatable bonds is 8. The number of aromatic nitrogens is 1. The molecule has 1 aliphatic rings. The minimum Gasteiger partial charge on any atom is -0.481 e. The first-order valence-corrected chi connectivity index (χ1v) is 11.4. The molecule has 29 heavy (non-hydrogen) atoms. The Morgan fingerprint density at radius 2 is 1.90 bits per heavy atom. The molecule has 0 radical (unpaired) electrons. The van der Waals surface area contributed by atoms with Gasteiger partial charge in [0.15, 0.2) is 6.10 Å². The maximum atomic E-state index is 12.4. The fourth-order valence-corrected chi connectivity index (χ4v) is 4.30. The average molecular weight is 418 g/mol. The summed E-state index contributed by atoms with van der Waals surface area (Å²) in [6.07, 6.45) is 8.13. The van der Waals surface area contributed by atoms with E-state index in [1.54, 1.807) is 43.6 Å². The molecule has 0 aliphatic heterocycles. The van der Waals surface area contributed by atoms with Crippen LogP contribution in [0.15, 0.2) is 53.7 Å². The highest BCUT2D eigenvalue weighted by molar-refractivity contribution is 7.89. The number of hydrogen-bond donors (Lipinski definition) is 2. The Morgan fingerprint density at radius 1 is 1.17 bits per heavy atom. The van der Waals surface area contributed by atoms with Gasteiger partial charge < -0.3 is 10.1 Å². The predicted molar refractivity (Wildman–Crippen MR) is 110 cm³/mol. The van der Waals surface area contributed by atoms with Crippen LogP contribution in [0.1, 0.15) is 44.6 Å². The normalized spacial score (nSPS) is 16.2. The Balaban J connectivity index is 1.54. The van der Waals surface area contributed by atoms with E-state index in [1.807, 2.05) is 0 Å². The van der Waals surface area contributed by atoms with E-state index in [0.29, 0.717) is 5.75 Å². The van der Waals surface area contributed by atoms with Gasteiger partial charge in [-0.3, -0.25) is 9.78 Å². The number of benzene rings is 1. The van der Waals surface area contributed by atoms with E-state index in [0.717, 1.165) is 31.2 Å². The molecule has 0 spiro atoms. The minimum atomic E-state index is -3.65. The summed E-state index contributed by atoms with van der Waals surface area (Å²) in [6, 6.07) is 9.82. The number of hydrogen-bond acceptors (Lipinski definition) is 5. The quantitative estimate of drug-likeness (QED) is 0.688. The molecule has 8 heteroatoms. The van der Waals surface area contributed by atoms with Crippen molar-refractivity contribution in [3.63, 3.8) is 0 Å². The minimum absolute atomic E-state index is 0.132. The lowest BCUT2D eigenvalue weighted by Gasteiger charge is -2.24. The molecule has 1 heterocycles. The van der Waals surface area contributed by atoms with Crippen molar-refractivity contribution in [1.29, 1.82) is 0 Å². The lowest BCUT2D eigenvalue weighted by Crippen LogP contribution is -2.43. The standard InChI is InChI=1S/C21H27N3O4S/c1-16(21(25)24-18-7-3-2-4-8-18)28-19-9-11-20(12-10-19)29(26,27)23-15-17-6-5-13-22-14-17/h5-6,9-14,16,18,23H,2-4,7-8,15H2,1H3,(H,24,25). The maximum absolute atomic E-state index is 12.4.